The number of hydrogen-bond acceptors (Lipinski definition) is 3. The molecule has 0 radical (unpaired) electrons. The van der Waals surface area contributed by atoms with Crippen molar-refractivity contribution in [2.24, 2.45) is 0 Å². The Bertz CT molecular complexity index is 673. The Hall–Kier alpha value is -2.01. The van der Waals surface area contributed by atoms with E-state index in [2.05, 4.69) is 5.32 Å². The fourth-order valence-electron chi connectivity index (χ4n) is 2.00. The van der Waals surface area contributed by atoms with Gasteiger partial charge in [-0.3, -0.25) is 4.79 Å². The number of aryl methyl sites for hydroxylation is 1. The summed E-state index contributed by atoms with van der Waals surface area (Å²) in [6.45, 7) is 3.62. The molecular formula is C16H17FN2OS. The SMILES string of the molecule is CCSc1ccccc1NC(=O)c1cc(N)cc(C)c1F. The third kappa shape index (κ3) is 3.55. The Morgan fingerprint density at radius 2 is 2.05 bits per heavy atom. The lowest BCUT2D eigenvalue weighted by atomic mass is 10.1. The van der Waals surface area contributed by atoms with E-state index in [-0.39, 0.29) is 5.56 Å². The fraction of sp³-hybridized carbons (Fsp3) is 0.188. The van der Waals surface area contributed by atoms with E-state index in [1.54, 1.807) is 24.8 Å². The van der Waals surface area contributed by atoms with Crippen LogP contribution in [0.2, 0.25) is 0 Å². The van der Waals surface area contributed by atoms with Gasteiger partial charge in [0.15, 0.2) is 0 Å². The molecule has 5 heteroatoms. The molecule has 1 amide bonds. The average molecular weight is 304 g/mol. The zero-order valence-electron chi connectivity index (χ0n) is 11.9. The van der Waals surface area contributed by atoms with E-state index in [1.807, 2.05) is 25.1 Å². The Kier molecular flexibility index (Phi) is 4.85. The predicted octanol–water partition coefficient (Wildman–Crippen LogP) is 4.08. The van der Waals surface area contributed by atoms with E-state index in [0.717, 1.165) is 10.6 Å². The molecular weight excluding hydrogens is 287 g/mol. The number of nitrogens with one attached hydrogen (secondary N) is 1. The normalized spacial score (nSPS) is 10.4. The first-order valence-electron chi connectivity index (χ1n) is 6.61. The van der Waals surface area contributed by atoms with Crippen molar-refractivity contribution in [2.75, 3.05) is 16.8 Å². The van der Waals surface area contributed by atoms with Crippen LogP contribution in [-0.4, -0.2) is 11.7 Å². The van der Waals surface area contributed by atoms with Crippen molar-refractivity contribution in [3.8, 4) is 0 Å². The first-order valence-corrected chi connectivity index (χ1v) is 7.60. The molecule has 0 aromatic heterocycles. The number of nitrogens with two attached hydrogens (primary N) is 1. The summed E-state index contributed by atoms with van der Waals surface area (Å²) in [5.74, 6) is -0.145. The van der Waals surface area contributed by atoms with Crippen molar-refractivity contribution in [1.82, 2.24) is 0 Å². The molecule has 0 saturated heterocycles. The van der Waals surface area contributed by atoms with Crippen molar-refractivity contribution in [3.63, 3.8) is 0 Å². The van der Waals surface area contributed by atoms with Crippen molar-refractivity contribution in [1.29, 1.82) is 0 Å². The van der Waals surface area contributed by atoms with Gasteiger partial charge in [0.1, 0.15) is 5.82 Å². The fourth-order valence-corrected chi connectivity index (χ4v) is 2.76. The topological polar surface area (TPSA) is 55.1 Å². The van der Waals surface area contributed by atoms with Gasteiger partial charge in [-0.25, -0.2) is 4.39 Å². The minimum absolute atomic E-state index is 0.0381. The van der Waals surface area contributed by atoms with E-state index in [0.29, 0.717) is 16.9 Å². The van der Waals surface area contributed by atoms with Gasteiger partial charge in [-0.1, -0.05) is 19.1 Å². The number of para-hydroxylation sites is 1. The average Bonchev–Trinajstić information content (AvgIpc) is 2.45. The lowest BCUT2D eigenvalue weighted by Crippen LogP contribution is -2.15. The van der Waals surface area contributed by atoms with Gasteiger partial charge in [0.05, 0.1) is 11.3 Å². The van der Waals surface area contributed by atoms with Gasteiger partial charge in [-0.05, 0) is 42.5 Å². The van der Waals surface area contributed by atoms with Crippen LogP contribution in [0.3, 0.4) is 0 Å². The van der Waals surface area contributed by atoms with Crippen molar-refractivity contribution in [3.05, 3.63) is 53.3 Å². The number of hydrogen-bond donors (Lipinski definition) is 2. The second-order valence-corrected chi connectivity index (χ2v) is 5.89. The largest absolute Gasteiger partial charge is 0.399 e. The molecule has 0 atom stereocenters. The minimum Gasteiger partial charge on any atom is -0.399 e. The van der Waals surface area contributed by atoms with Gasteiger partial charge in [-0.15, -0.1) is 11.8 Å². The third-order valence-electron chi connectivity index (χ3n) is 2.96. The van der Waals surface area contributed by atoms with Crippen LogP contribution in [0.5, 0.6) is 0 Å². The Morgan fingerprint density at radius 3 is 2.76 bits per heavy atom. The zero-order chi connectivity index (χ0) is 15.4. The van der Waals surface area contributed by atoms with Crippen molar-refractivity contribution in [2.45, 2.75) is 18.7 Å². The molecule has 2 aromatic rings. The molecule has 2 aromatic carbocycles. The molecule has 0 heterocycles. The summed E-state index contributed by atoms with van der Waals surface area (Å²) in [6, 6.07) is 10.3. The molecule has 3 nitrogen and oxygen atoms in total. The molecule has 21 heavy (non-hydrogen) atoms. The van der Waals surface area contributed by atoms with Crippen LogP contribution in [-0.2, 0) is 0 Å². The molecule has 0 spiro atoms. The summed E-state index contributed by atoms with van der Waals surface area (Å²) in [7, 11) is 0. The maximum absolute atomic E-state index is 14.1. The highest BCUT2D eigenvalue weighted by atomic mass is 32.2. The van der Waals surface area contributed by atoms with Gasteiger partial charge >= 0.3 is 0 Å². The van der Waals surface area contributed by atoms with Gasteiger partial charge in [-0.2, -0.15) is 0 Å². The number of halogens is 1. The molecule has 0 aliphatic carbocycles. The molecule has 0 aliphatic rings. The summed E-state index contributed by atoms with van der Waals surface area (Å²) in [5.41, 5.74) is 7.05. The van der Waals surface area contributed by atoms with Crippen molar-refractivity contribution < 1.29 is 9.18 Å². The van der Waals surface area contributed by atoms with Gasteiger partial charge in [0, 0.05) is 10.6 Å². The molecule has 110 valence electrons. The number of carbonyl (C=O) groups is 1. The van der Waals surface area contributed by atoms with Crippen LogP contribution in [0.15, 0.2) is 41.3 Å². The summed E-state index contributed by atoms with van der Waals surface area (Å²) in [4.78, 5) is 13.2. The minimum atomic E-state index is -0.540. The lowest BCUT2D eigenvalue weighted by Gasteiger charge is -2.11. The van der Waals surface area contributed by atoms with Crippen LogP contribution in [0.4, 0.5) is 15.8 Å². The highest BCUT2D eigenvalue weighted by molar-refractivity contribution is 7.99. The summed E-state index contributed by atoms with van der Waals surface area (Å²) < 4.78 is 14.1. The number of benzene rings is 2. The first-order chi connectivity index (χ1) is 10.0. The Morgan fingerprint density at radius 1 is 1.33 bits per heavy atom. The van der Waals surface area contributed by atoms with E-state index in [1.165, 1.54) is 12.1 Å². The van der Waals surface area contributed by atoms with E-state index < -0.39 is 11.7 Å². The standard InChI is InChI=1S/C16H17FN2OS/c1-3-21-14-7-5-4-6-13(14)19-16(20)12-9-11(18)8-10(2)15(12)17/h4-9H,3,18H2,1-2H3,(H,19,20). The molecule has 3 N–H and O–H groups in total. The summed E-state index contributed by atoms with van der Waals surface area (Å²) in [5, 5.41) is 2.75. The number of anilines is 2. The van der Waals surface area contributed by atoms with Crippen LogP contribution in [0.25, 0.3) is 0 Å². The molecule has 0 saturated carbocycles. The second-order valence-electron chi connectivity index (χ2n) is 4.58. The second kappa shape index (κ2) is 6.63. The summed E-state index contributed by atoms with van der Waals surface area (Å²) >= 11 is 1.62. The number of carbonyl (C=O) groups excluding carboxylic acids is 1. The van der Waals surface area contributed by atoms with Gasteiger partial charge in [0.25, 0.3) is 5.91 Å². The number of thioether (sulfide) groups is 1. The van der Waals surface area contributed by atoms with E-state index in [9.17, 15) is 9.18 Å². The Balaban J connectivity index is 2.31. The number of rotatable bonds is 4. The number of amides is 1. The highest BCUT2D eigenvalue weighted by Crippen LogP contribution is 2.27. The van der Waals surface area contributed by atoms with Gasteiger partial charge < -0.3 is 11.1 Å². The number of nitrogen functional groups attached to an aromatic ring is 1. The highest BCUT2D eigenvalue weighted by Gasteiger charge is 2.16. The van der Waals surface area contributed by atoms with Gasteiger partial charge in [0.2, 0.25) is 0 Å². The molecule has 2 rings (SSSR count). The van der Waals surface area contributed by atoms with E-state index >= 15 is 0 Å². The summed E-state index contributed by atoms with van der Waals surface area (Å²) in [6.07, 6.45) is 0. The maximum Gasteiger partial charge on any atom is 0.258 e. The van der Waals surface area contributed by atoms with Crippen molar-refractivity contribution >= 4 is 29.0 Å². The monoisotopic (exact) mass is 304 g/mol. The van der Waals surface area contributed by atoms with E-state index in [4.69, 9.17) is 5.73 Å². The van der Waals surface area contributed by atoms with Crippen LogP contribution in [0, 0.1) is 12.7 Å². The molecule has 0 aliphatic heterocycles. The zero-order valence-corrected chi connectivity index (χ0v) is 12.8. The van der Waals surface area contributed by atoms with Crippen LogP contribution >= 0.6 is 11.8 Å². The quantitative estimate of drug-likeness (QED) is 0.661. The first kappa shape index (κ1) is 15.4. The Labute approximate surface area is 127 Å². The predicted molar refractivity (Wildman–Crippen MR) is 86.3 cm³/mol. The molecule has 0 fully saturated rings. The molecule has 0 unspecified atom stereocenters. The van der Waals surface area contributed by atoms with Crippen LogP contribution < -0.4 is 11.1 Å². The smallest absolute Gasteiger partial charge is 0.258 e. The maximum atomic E-state index is 14.1. The van der Waals surface area contributed by atoms with Crippen LogP contribution in [0.1, 0.15) is 22.8 Å². The molecule has 0 bridgehead atoms. The lowest BCUT2D eigenvalue weighted by molar-refractivity contribution is 0.102. The third-order valence-corrected chi connectivity index (χ3v) is 3.91.